The van der Waals surface area contributed by atoms with Crippen LogP contribution >= 0.6 is 0 Å². The lowest BCUT2D eigenvalue weighted by Crippen LogP contribution is -2.35. The molecule has 1 rings (SSSR count). The zero-order valence-corrected chi connectivity index (χ0v) is 12.8. The summed E-state index contributed by atoms with van der Waals surface area (Å²) in [5, 5.41) is 14.5. The first-order valence-corrected chi connectivity index (χ1v) is 7.01. The van der Waals surface area contributed by atoms with Gasteiger partial charge < -0.3 is 15.7 Å². The van der Waals surface area contributed by atoms with Crippen molar-refractivity contribution >= 4 is 5.69 Å². The summed E-state index contributed by atoms with van der Waals surface area (Å²) in [6, 6.07) is 0. The van der Waals surface area contributed by atoms with Gasteiger partial charge in [0.05, 0.1) is 29.7 Å². The molecule has 0 amide bonds. The highest BCUT2D eigenvalue weighted by atomic mass is 16.3. The Morgan fingerprint density at radius 2 is 2.00 bits per heavy atom. The van der Waals surface area contributed by atoms with Crippen LogP contribution in [-0.2, 0) is 6.54 Å². The maximum absolute atomic E-state index is 10.1. The van der Waals surface area contributed by atoms with E-state index in [-0.39, 0.29) is 0 Å². The molecule has 0 fully saturated rings. The fourth-order valence-corrected chi connectivity index (χ4v) is 2.24. The molecule has 3 N–H and O–H groups in total. The highest BCUT2D eigenvalue weighted by molar-refractivity contribution is 5.46. The van der Waals surface area contributed by atoms with E-state index in [1.54, 1.807) is 4.68 Å². The van der Waals surface area contributed by atoms with Gasteiger partial charge in [0.25, 0.3) is 0 Å². The molecule has 19 heavy (non-hydrogen) atoms. The van der Waals surface area contributed by atoms with Crippen LogP contribution in [0, 0.1) is 19.8 Å². The Hall–Kier alpha value is -1.07. The molecular weight excluding hydrogens is 240 g/mol. The summed E-state index contributed by atoms with van der Waals surface area (Å²) in [5.41, 5.74) is 8.37. The summed E-state index contributed by atoms with van der Waals surface area (Å²) in [7, 11) is 2.05. The van der Waals surface area contributed by atoms with E-state index in [0.29, 0.717) is 19.0 Å². The third kappa shape index (κ3) is 4.51. The van der Waals surface area contributed by atoms with Crippen LogP contribution in [0.4, 0.5) is 5.69 Å². The number of hydrogen-bond donors (Lipinski definition) is 2. The van der Waals surface area contributed by atoms with E-state index in [0.717, 1.165) is 30.0 Å². The number of aliphatic hydroxyl groups is 1. The summed E-state index contributed by atoms with van der Waals surface area (Å²) < 4.78 is 1.80. The fourth-order valence-electron chi connectivity index (χ4n) is 2.24. The lowest BCUT2D eigenvalue weighted by molar-refractivity contribution is 0.0996. The highest BCUT2D eigenvalue weighted by Crippen LogP contribution is 2.15. The molecule has 2 atom stereocenters. The second-order valence-electron chi connectivity index (χ2n) is 5.66. The van der Waals surface area contributed by atoms with E-state index in [4.69, 9.17) is 5.73 Å². The molecule has 1 heterocycles. The molecule has 0 saturated carbocycles. The van der Waals surface area contributed by atoms with Gasteiger partial charge in [-0.1, -0.05) is 20.3 Å². The molecule has 0 aromatic carbocycles. The predicted molar refractivity (Wildman–Crippen MR) is 79.1 cm³/mol. The first kappa shape index (κ1) is 16.0. The first-order chi connectivity index (χ1) is 8.85. The average molecular weight is 268 g/mol. The predicted octanol–water partition coefficient (Wildman–Crippen LogP) is 1.42. The van der Waals surface area contributed by atoms with Gasteiger partial charge in [-0.15, -0.1) is 0 Å². The van der Waals surface area contributed by atoms with E-state index in [1.165, 1.54) is 0 Å². The Labute approximate surface area is 116 Å². The van der Waals surface area contributed by atoms with Crippen LogP contribution in [0.5, 0.6) is 0 Å². The SMILES string of the molecule is CCC(C)CN(C)CC(O)Cn1nc(C)c(N)c1C. The summed E-state index contributed by atoms with van der Waals surface area (Å²) in [4.78, 5) is 2.17. The number of hydrogen-bond acceptors (Lipinski definition) is 4. The van der Waals surface area contributed by atoms with Crippen molar-refractivity contribution < 1.29 is 5.11 Å². The Kier molecular flexibility index (Phi) is 5.82. The van der Waals surface area contributed by atoms with Crippen molar-refractivity contribution in [1.82, 2.24) is 14.7 Å². The molecule has 5 heteroatoms. The molecule has 0 aliphatic heterocycles. The van der Waals surface area contributed by atoms with Crippen LogP contribution in [0.15, 0.2) is 0 Å². The maximum Gasteiger partial charge on any atom is 0.0862 e. The van der Waals surface area contributed by atoms with E-state index in [2.05, 4.69) is 23.8 Å². The molecule has 0 aliphatic rings. The summed E-state index contributed by atoms with van der Waals surface area (Å²) in [5.74, 6) is 0.654. The summed E-state index contributed by atoms with van der Waals surface area (Å²) in [6.07, 6.45) is 0.737. The molecule has 0 radical (unpaired) electrons. The van der Waals surface area contributed by atoms with Crippen LogP contribution in [0.25, 0.3) is 0 Å². The van der Waals surface area contributed by atoms with Crippen molar-refractivity contribution in [2.24, 2.45) is 5.92 Å². The fraction of sp³-hybridized carbons (Fsp3) is 0.786. The minimum absolute atomic E-state index is 0.425. The molecule has 5 nitrogen and oxygen atoms in total. The lowest BCUT2D eigenvalue weighted by Gasteiger charge is -2.23. The number of likely N-dealkylation sites (N-methyl/N-ethyl adjacent to an activating group) is 1. The van der Waals surface area contributed by atoms with Crippen LogP contribution in [-0.4, -0.2) is 46.0 Å². The third-order valence-electron chi connectivity index (χ3n) is 3.66. The van der Waals surface area contributed by atoms with Gasteiger partial charge in [-0.3, -0.25) is 4.68 Å². The lowest BCUT2D eigenvalue weighted by atomic mass is 10.1. The van der Waals surface area contributed by atoms with Gasteiger partial charge >= 0.3 is 0 Å². The Morgan fingerprint density at radius 3 is 2.47 bits per heavy atom. The second kappa shape index (κ2) is 6.91. The normalized spacial score (nSPS) is 14.9. The molecule has 1 aromatic rings. The summed E-state index contributed by atoms with van der Waals surface area (Å²) >= 11 is 0. The third-order valence-corrected chi connectivity index (χ3v) is 3.66. The molecule has 0 aliphatic carbocycles. The standard InChI is InChI=1S/C14H28N4O/c1-6-10(2)7-17(5)8-13(19)9-18-12(4)14(15)11(3)16-18/h10,13,19H,6-9,15H2,1-5H3. The van der Waals surface area contributed by atoms with E-state index in [9.17, 15) is 5.11 Å². The number of aliphatic hydroxyl groups excluding tert-OH is 1. The highest BCUT2D eigenvalue weighted by Gasteiger charge is 2.14. The van der Waals surface area contributed by atoms with Crippen LogP contribution in [0.3, 0.4) is 0 Å². The van der Waals surface area contributed by atoms with Crippen molar-refractivity contribution in [3.8, 4) is 0 Å². The Morgan fingerprint density at radius 1 is 1.37 bits per heavy atom. The number of nitrogens with two attached hydrogens (primary N) is 1. The van der Waals surface area contributed by atoms with E-state index < -0.39 is 6.10 Å². The minimum Gasteiger partial charge on any atom is -0.396 e. The topological polar surface area (TPSA) is 67.3 Å². The monoisotopic (exact) mass is 268 g/mol. The largest absolute Gasteiger partial charge is 0.396 e. The van der Waals surface area contributed by atoms with E-state index in [1.807, 2.05) is 20.9 Å². The zero-order valence-electron chi connectivity index (χ0n) is 12.8. The van der Waals surface area contributed by atoms with Gasteiger partial charge in [0, 0.05) is 13.1 Å². The maximum atomic E-state index is 10.1. The summed E-state index contributed by atoms with van der Waals surface area (Å²) in [6.45, 7) is 10.4. The van der Waals surface area contributed by atoms with E-state index >= 15 is 0 Å². The number of aromatic nitrogens is 2. The minimum atomic E-state index is -0.425. The van der Waals surface area contributed by atoms with Gasteiger partial charge in [-0.25, -0.2) is 0 Å². The molecule has 0 spiro atoms. The second-order valence-corrected chi connectivity index (χ2v) is 5.66. The molecule has 0 bridgehead atoms. The van der Waals surface area contributed by atoms with Crippen molar-refractivity contribution in [3.05, 3.63) is 11.4 Å². The molecule has 0 saturated heterocycles. The van der Waals surface area contributed by atoms with Crippen molar-refractivity contribution in [3.63, 3.8) is 0 Å². The molecule has 110 valence electrons. The quantitative estimate of drug-likeness (QED) is 0.785. The molecular formula is C14H28N4O. The van der Waals surface area contributed by atoms with Crippen molar-refractivity contribution in [2.75, 3.05) is 25.9 Å². The van der Waals surface area contributed by atoms with Crippen molar-refractivity contribution in [2.45, 2.75) is 46.8 Å². The van der Waals surface area contributed by atoms with Crippen LogP contribution in [0.1, 0.15) is 31.7 Å². The molecule has 1 aromatic heterocycles. The molecule has 2 unspecified atom stereocenters. The number of nitrogen functional groups attached to an aromatic ring is 1. The van der Waals surface area contributed by atoms with Gasteiger partial charge in [-0.2, -0.15) is 5.10 Å². The Bertz CT molecular complexity index is 402. The van der Waals surface area contributed by atoms with Crippen molar-refractivity contribution in [1.29, 1.82) is 0 Å². The van der Waals surface area contributed by atoms with Crippen LogP contribution < -0.4 is 5.73 Å². The number of rotatable bonds is 7. The average Bonchev–Trinajstić information content (AvgIpc) is 2.56. The van der Waals surface area contributed by atoms with Gasteiger partial charge in [-0.05, 0) is 26.8 Å². The van der Waals surface area contributed by atoms with Crippen LogP contribution in [0.2, 0.25) is 0 Å². The first-order valence-electron chi connectivity index (χ1n) is 7.01. The van der Waals surface area contributed by atoms with Gasteiger partial charge in [0.15, 0.2) is 0 Å². The smallest absolute Gasteiger partial charge is 0.0862 e. The zero-order chi connectivity index (χ0) is 14.6. The number of aryl methyl sites for hydroxylation is 1. The number of anilines is 1. The Balaban J connectivity index is 2.50. The van der Waals surface area contributed by atoms with Gasteiger partial charge in [0.2, 0.25) is 0 Å². The van der Waals surface area contributed by atoms with Gasteiger partial charge in [0.1, 0.15) is 0 Å². The number of nitrogens with zero attached hydrogens (tertiary/aromatic N) is 3.